The maximum atomic E-state index is 11.0. The van der Waals surface area contributed by atoms with Crippen LogP contribution in [0.3, 0.4) is 0 Å². The molecule has 0 bridgehead atoms. The average Bonchev–Trinajstić information content (AvgIpc) is 1.97. The third kappa shape index (κ3) is 7.53. The summed E-state index contributed by atoms with van der Waals surface area (Å²) in [4.78, 5) is 11.0. The smallest absolute Gasteiger partial charge is 0.133 e. The molecule has 0 heterocycles. The molecule has 0 aromatic heterocycles. The molecule has 2 heteroatoms. The van der Waals surface area contributed by atoms with E-state index in [9.17, 15) is 4.79 Å². The Morgan fingerprint density at radius 3 is 2.45 bits per heavy atom. The van der Waals surface area contributed by atoms with Gasteiger partial charge in [0.2, 0.25) is 0 Å². The first-order chi connectivity index (χ1) is 5.16. The van der Waals surface area contributed by atoms with E-state index >= 15 is 0 Å². The lowest BCUT2D eigenvalue weighted by Crippen LogP contribution is -2.01. The molecule has 0 radical (unpaired) electrons. The first kappa shape index (κ1) is 10.6. The van der Waals surface area contributed by atoms with E-state index in [0.717, 1.165) is 6.42 Å². The summed E-state index contributed by atoms with van der Waals surface area (Å²) < 4.78 is 0. The van der Waals surface area contributed by atoms with E-state index in [2.05, 4.69) is 13.8 Å². The second-order valence-electron chi connectivity index (χ2n) is 3.30. The summed E-state index contributed by atoms with van der Waals surface area (Å²) in [6.45, 7) is 4.35. The van der Waals surface area contributed by atoms with Gasteiger partial charge in [0.15, 0.2) is 0 Å². The van der Waals surface area contributed by atoms with Crippen LogP contribution in [0.25, 0.3) is 0 Å². The summed E-state index contributed by atoms with van der Waals surface area (Å²) in [7, 11) is 0. The lowest BCUT2D eigenvalue weighted by Gasteiger charge is -2.02. The number of hydrogen-bond donors (Lipinski definition) is 1. The van der Waals surface area contributed by atoms with Crippen molar-refractivity contribution in [3.8, 4) is 0 Å². The summed E-state index contributed by atoms with van der Waals surface area (Å²) in [5.41, 5.74) is 0. The molecule has 0 spiro atoms. The zero-order chi connectivity index (χ0) is 8.69. The fraction of sp³-hybridized carbons (Fsp3) is 0.889. The zero-order valence-corrected chi connectivity index (χ0v) is 7.47. The van der Waals surface area contributed by atoms with Crippen LogP contribution in [-0.4, -0.2) is 17.5 Å². The van der Waals surface area contributed by atoms with Crippen LogP contribution in [0.2, 0.25) is 0 Å². The van der Waals surface area contributed by atoms with Crippen molar-refractivity contribution in [1.29, 1.82) is 0 Å². The molecule has 0 aromatic carbocycles. The fourth-order valence-corrected chi connectivity index (χ4v) is 0.851. The zero-order valence-electron chi connectivity index (χ0n) is 7.47. The van der Waals surface area contributed by atoms with Gasteiger partial charge < -0.3 is 5.11 Å². The van der Waals surface area contributed by atoms with Crippen molar-refractivity contribution in [3.63, 3.8) is 0 Å². The highest BCUT2D eigenvalue weighted by molar-refractivity contribution is 5.78. The van der Waals surface area contributed by atoms with E-state index < -0.39 is 0 Å². The van der Waals surface area contributed by atoms with Crippen molar-refractivity contribution in [2.24, 2.45) is 5.92 Å². The Morgan fingerprint density at radius 1 is 1.36 bits per heavy atom. The Kier molecular flexibility index (Phi) is 6.13. The number of rotatable bonds is 6. The first-order valence-corrected chi connectivity index (χ1v) is 4.29. The van der Waals surface area contributed by atoms with E-state index in [0.29, 0.717) is 25.2 Å². The van der Waals surface area contributed by atoms with E-state index in [-0.39, 0.29) is 12.4 Å². The monoisotopic (exact) mass is 158 g/mol. The maximum Gasteiger partial charge on any atom is 0.133 e. The molecule has 0 amide bonds. The number of carbonyl (C=O) groups excluding carboxylic acids is 1. The lowest BCUT2D eigenvalue weighted by molar-refractivity contribution is -0.119. The number of carbonyl (C=O) groups is 1. The van der Waals surface area contributed by atoms with Gasteiger partial charge in [-0.25, -0.2) is 0 Å². The Bertz CT molecular complexity index is 108. The molecular weight excluding hydrogens is 140 g/mol. The van der Waals surface area contributed by atoms with Crippen molar-refractivity contribution in [2.45, 2.75) is 39.5 Å². The van der Waals surface area contributed by atoms with Crippen LogP contribution in [-0.2, 0) is 4.79 Å². The van der Waals surface area contributed by atoms with Gasteiger partial charge in [0.05, 0.1) is 0 Å². The van der Waals surface area contributed by atoms with Gasteiger partial charge in [-0.3, -0.25) is 4.79 Å². The molecule has 66 valence electrons. The molecule has 0 saturated heterocycles. The van der Waals surface area contributed by atoms with Gasteiger partial charge in [-0.1, -0.05) is 13.8 Å². The van der Waals surface area contributed by atoms with Gasteiger partial charge >= 0.3 is 0 Å². The molecule has 11 heavy (non-hydrogen) atoms. The molecule has 0 aliphatic heterocycles. The molecule has 0 aromatic rings. The van der Waals surface area contributed by atoms with Crippen molar-refractivity contribution in [2.75, 3.05) is 6.61 Å². The Balaban J connectivity index is 3.23. The normalized spacial score (nSPS) is 10.5. The molecule has 2 nitrogen and oxygen atoms in total. The molecular formula is C9H18O2. The minimum atomic E-state index is 0.132. The third-order valence-electron chi connectivity index (χ3n) is 1.61. The highest BCUT2D eigenvalue weighted by atomic mass is 16.3. The van der Waals surface area contributed by atoms with Crippen LogP contribution >= 0.6 is 0 Å². The highest BCUT2D eigenvalue weighted by Gasteiger charge is 2.02. The van der Waals surface area contributed by atoms with Crippen molar-refractivity contribution in [3.05, 3.63) is 0 Å². The minimum Gasteiger partial charge on any atom is -0.396 e. The molecule has 1 N–H and O–H groups in total. The van der Waals surface area contributed by atoms with Crippen molar-refractivity contribution in [1.82, 2.24) is 0 Å². The van der Waals surface area contributed by atoms with E-state index in [1.807, 2.05) is 0 Å². The maximum absolute atomic E-state index is 11.0. The fourth-order valence-electron chi connectivity index (χ4n) is 0.851. The van der Waals surface area contributed by atoms with Gasteiger partial charge in [0.1, 0.15) is 5.78 Å². The SMILES string of the molecule is CC(C)CCC(=O)CCCO. The van der Waals surface area contributed by atoms with Crippen LogP contribution < -0.4 is 0 Å². The van der Waals surface area contributed by atoms with Gasteiger partial charge in [-0.05, 0) is 18.8 Å². The quantitative estimate of drug-likeness (QED) is 0.639. The number of aliphatic hydroxyl groups is 1. The summed E-state index contributed by atoms with van der Waals surface area (Å²) in [6, 6.07) is 0. The number of hydrogen-bond acceptors (Lipinski definition) is 2. The van der Waals surface area contributed by atoms with Gasteiger partial charge in [-0.2, -0.15) is 0 Å². The Hall–Kier alpha value is -0.370. The topological polar surface area (TPSA) is 37.3 Å². The average molecular weight is 158 g/mol. The predicted molar refractivity (Wildman–Crippen MR) is 45.4 cm³/mol. The summed E-state index contributed by atoms with van der Waals surface area (Å²) in [5.74, 6) is 0.890. The predicted octanol–water partition coefficient (Wildman–Crippen LogP) is 1.76. The second kappa shape index (κ2) is 6.35. The summed E-state index contributed by atoms with van der Waals surface area (Å²) >= 11 is 0. The number of aliphatic hydroxyl groups excluding tert-OH is 1. The van der Waals surface area contributed by atoms with E-state index in [1.54, 1.807) is 0 Å². The van der Waals surface area contributed by atoms with Gasteiger partial charge in [-0.15, -0.1) is 0 Å². The third-order valence-corrected chi connectivity index (χ3v) is 1.61. The Morgan fingerprint density at radius 2 is 2.00 bits per heavy atom. The molecule has 0 atom stereocenters. The van der Waals surface area contributed by atoms with E-state index in [1.165, 1.54) is 0 Å². The molecule has 0 rings (SSSR count). The molecule has 0 saturated carbocycles. The molecule has 0 aliphatic carbocycles. The van der Waals surface area contributed by atoms with Crippen LogP contribution in [0.15, 0.2) is 0 Å². The molecule has 0 unspecified atom stereocenters. The van der Waals surface area contributed by atoms with Crippen molar-refractivity contribution < 1.29 is 9.90 Å². The second-order valence-corrected chi connectivity index (χ2v) is 3.30. The van der Waals surface area contributed by atoms with E-state index in [4.69, 9.17) is 5.11 Å². The highest BCUT2D eigenvalue weighted by Crippen LogP contribution is 2.06. The first-order valence-electron chi connectivity index (χ1n) is 4.29. The Labute approximate surface area is 68.6 Å². The minimum absolute atomic E-state index is 0.132. The van der Waals surface area contributed by atoms with Crippen molar-refractivity contribution >= 4 is 5.78 Å². The molecule has 0 aliphatic rings. The largest absolute Gasteiger partial charge is 0.396 e. The van der Waals surface area contributed by atoms with Gasteiger partial charge in [0.25, 0.3) is 0 Å². The van der Waals surface area contributed by atoms with Gasteiger partial charge in [0, 0.05) is 19.4 Å². The lowest BCUT2D eigenvalue weighted by atomic mass is 10.0. The molecule has 0 fully saturated rings. The van der Waals surface area contributed by atoms with Crippen LogP contribution in [0, 0.1) is 5.92 Å². The van der Waals surface area contributed by atoms with Crippen LogP contribution in [0.5, 0.6) is 0 Å². The van der Waals surface area contributed by atoms with Crippen LogP contribution in [0.1, 0.15) is 39.5 Å². The number of Topliss-reactive ketones (excluding diaryl/α,β-unsaturated/α-hetero) is 1. The summed E-state index contributed by atoms with van der Waals surface area (Å²) in [6.07, 6.45) is 2.82. The van der Waals surface area contributed by atoms with Crippen LogP contribution in [0.4, 0.5) is 0 Å². The number of ketones is 1. The standard InChI is InChI=1S/C9H18O2/c1-8(2)5-6-9(11)4-3-7-10/h8,10H,3-7H2,1-2H3. The summed E-state index contributed by atoms with van der Waals surface area (Å²) in [5, 5.41) is 8.44.